The number of amides is 1. The van der Waals surface area contributed by atoms with Gasteiger partial charge in [-0.1, -0.05) is 0 Å². The van der Waals surface area contributed by atoms with E-state index in [0.717, 1.165) is 5.69 Å². The molecule has 2 aromatic rings. The smallest absolute Gasteiger partial charge is 0.262 e. The molecule has 5 nitrogen and oxygen atoms in total. The van der Waals surface area contributed by atoms with E-state index >= 15 is 0 Å². The largest absolute Gasteiger partial charge is 0.322 e. The summed E-state index contributed by atoms with van der Waals surface area (Å²) >= 11 is 3.12. The number of carbonyl (C=O) groups excluding carboxylic acids is 1. The van der Waals surface area contributed by atoms with Crippen LogP contribution < -0.4 is 5.32 Å². The van der Waals surface area contributed by atoms with Gasteiger partial charge in [0.05, 0.1) is 4.90 Å². The molecule has 21 heavy (non-hydrogen) atoms. The molecule has 0 unspecified atom stereocenters. The number of aromatic nitrogens is 1. The zero-order valence-electron chi connectivity index (χ0n) is 10.8. The van der Waals surface area contributed by atoms with Gasteiger partial charge in [0.2, 0.25) is 0 Å². The van der Waals surface area contributed by atoms with Gasteiger partial charge in [-0.2, -0.15) is 0 Å². The molecule has 0 radical (unpaired) electrons. The number of nitrogens with zero attached hydrogens (tertiary/aromatic N) is 1. The van der Waals surface area contributed by atoms with Gasteiger partial charge in [-0.05, 0) is 53.2 Å². The Morgan fingerprint density at radius 1 is 1.29 bits per heavy atom. The molecule has 110 valence electrons. The summed E-state index contributed by atoms with van der Waals surface area (Å²) in [5.41, 5.74) is 1.64. The Morgan fingerprint density at radius 2 is 2.00 bits per heavy atom. The average molecular weight is 390 g/mol. The molecule has 0 spiro atoms. The third-order valence-corrected chi connectivity index (χ3v) is 4.91. The number of anilines is 1. The Labute approximate surface area is 134 Å². The normalized spacial score (nSPS) is 11.2. The second-order valence-electron chi connectivity index (χ2n) is 4.22. The zero-order valence-corrected chi connectivity index (χ0v) is 14.0. The molecule has 8 heteroatoms. The van der Waals surface area contributed by atoms with Crippen LogP contribution in [0.4, 0.5) is 5.69 Å². The summed E-state index contributed by atoms with van der Waals surface area (Å²) < 4.78 is 22.9. The molecule has 1 amide bonds. The van der Waals surface area contributed by atoms with Gasteiger partial charge in [0.25, 0.3) is 15.0 Å². The summed E-state index contributed by atoms with van der Waals surface area (Å²) in [6.07, 6.45) is 1.54. The van der Waals surface area contributed by atoms with Gasteiger partial charge in [0, 0.05) is 38.3 Å². The molecule has 0 saturated heterocycles. The van der Waals surface area contributed by atoms with Gasteiger partial charge in [-0.3, -0.25) is 9.78 Å². The lowest BCUT2D eigenvalue weighted by Crippen LogP contribution is -2.12. The molecule has 1 aromatic carbocycles. The standard InChI is InChI=1S/C13H10BrClN2O3S/c1-8-6-9(4-5-16-8)13(18)17-10-2-3-12(11(14)7-10)21(15,19)20/h2-7H,1H3,(H,17,18). The van der Waals surface area contributed by atoms with Gasteiger partial charge < -0.3 is 5.32 Å². The summed E-state index contributed by atoms with van der Waals surface area (Å²) in [7, 11) is 1.45. The fraction of sp³-hybridized carbons (Fsp3) is 0.0769. The Morgan fingerprint density at radius 3 is 2.57 bits per heavy atom. The second kappa shape index (κ2) is 6.13. The number of hydrogen-bond donors (Lipinski definition) is 1. The zero-order chi connectivity index (χ0) is 15.6. The molecule has 0 aliphatic heterocycles. The maximum atomic E-state index is 12.1. The van der Waals surface area contributed by atoms with Crippen molar-refractivity contribution < 1.29 is 13.2 Å². The lowest BCUT2D eigenvalue weighted by atomic mass is 10.2. The van der Waals surface area contributed by atoms with E-state index in [0.29, 0.717) is 11.3 Å². The molecule has 1 aromatic heterocycles. The predicted molar refractivity (Wildman–Crippen MR) is 84.1 cm³/mol. The average Bonchev–Trinajstić information content (AvgIpc) is 2.37. The van der Waals surface area contributed by atoms with Gasteiger partial charge in [-0.25, -0.2) is 8.42 Å². The molecule has 0 fully saturated rings. The molecule has 0 aliphatic carbocycles. The summed E-state index contributed by atoms with van der Waals surface area (Å²) in [5, 5.41) is 2.67. The van der Waals surface area contributed by atoms with Crippen LogP contribution >= 0.6 is 26.6 Å². The molecule has 2 rings (SSSR count). The third-order valence-electron chi connectivity index (χ3n) is 2.61. The first kappa shape index (κ1) is 15.9. The van der Waals surface area contributed by atoms with Crippen molar-refractivity contribution in [2.75, 3.05) is 5.32 Å². The van der Waals surface area contributed by atoms with Crippen molar-refractivity contribution in [2.24, 2.45) is 0 Å². The molecule has 1 heterocycles. The van der Waals surface area contributed by atoms with Crippen LogP contribution in [0.3, 0.4) is 0 Å². The van der Waals surface area contributed by atoms with Crippen LogP contribution in [0.1, 0.15) is 16.1 Å². The van der Waals surface area contributed by atoms with Crippen LogP contribution in [0.5, 0.6) is 0 Å². The van der Waals surface area contributed by atoms with Crippen LogP contribution in [0, 0.1) is 6.92 Å². The Bertz CT molecular complexity index is 809. The fourth-order valence-electron chi connectivity index (χ4n) is 1.67. The molecule has 0 aliphatic rings. The second-order valence-corrected chi connectivity index (χ2v) is 7.61. The van der Waals surface area contributed by atoms with E-state index in [1.54, 1.807) is 25.3 Å². The molecular formula is C13H10BrClN2O3S. The van der Waals surface area contributed by atoms with Crippen LogP contribution in [0.2, 0.25) is 0 Å². The number of rotatable bonds is 3. The first-order chi connectivity index (χ1) is 9.77. The first-order valence-corrected chi connectivity index (χ1v) is 8.86. The summed E-state index contributed by atoms with van der Waals surface area (Å²) in [6, 6.07) is 7.50. The van der Waals surface area contributed by atoms with Crippen molar-refractivity contribution in [2.45, 2.75) is 11.8 Å². The monoisotopic (exact) mass is 388 g/mol. The van der Waals surface area contributed by atoms with Gasteiger partial charge in [-0.15, -0.1) is 0 Å². The molecule has 0 saturated carbocycles. The molecular weight excluding hydrogens is 380 g/mol. The number of hydrogen-bond acceptors (Lipinski definition) is 4. The van der Waals surface area contributed by atoms with Crippen LogP contribution in [-0.4, -0.2) is 19.3 Å². The maximum Gasteiger partial charge on any atom is 0.262 e. The lowest BCUT2D eigenvalue weighted by molar-refractivity contribution is 0.102. The number of pyridine rings is 1. The van der Waals surface area contributed by atoms with Crippen molar-refractivity contribution in [1.29, 1.82) is 0 Å². The number of halogens is 2. The minimum atomic E-state index is -3.83. The number of nitrogens with one attached hydrogen (secondary N) is 1. The van der Waals surface area contributed by atoms with E-state index in [4.69, 9.17) is 10.7 Å². The van der Waals surface area contributed by atoms with E-state index in [2.05, 4.69) is 26.2 Å². The molecule has 0 bridgehead atoms. The van der Waals surface area contributed by atoms with E-state index < -0.39 is 9.05 Å². The molecule has 1 N–H and O–H groups in total. The van der Waals surface area contributed by atoms with Crippen LogP contribution in [0.15, 0.2) is 45.9 Å². The molecule has 0 atom stereocenters. The van der Waals surface area contributed by atoms with Crippen molar-refractivity contribution in [1.82, 2.24) is 4.98 Å². The Kier molecular flexibility index (Phi) is 4.65. The van der Waals surface area contributed by atoms with E-state index in [-0.39, 0.29) is 15.3 Å². The Balaban J connectivity index is 2.25. The topological polar surface area (TPSA) is 76.1 Å². The number of carbonyl (C=O) groups is 1. The third kappa shape index (κ3) is 4.03. The van der Waals surface area contributed by atoms with Crippen molar-refractivity contribution >= 4 is 47.3 Å². The maximum absolute atomic E-state index is 12.1. The van der Waals surface area contributed by atoms with Gasteiger partial charge in [0.1, 0.15) is 0 Å². The van der Waals surface area contributed by atoms with Crippen molar-refractivity contribution in [3.8, 4) is 0 Å². The predicted octanol–water partition coefficient (Wildman–Crippen LogP) is 3.33. The summed E-state index contributed by atoms with van der Waals surface area (Å²) in [6.45, 7) is 1.79. The minimum Gasteiger partial charge on any atom is -0.322 e. The van der Waals surface area contributed by atoms with Crippen LogP contribution in [0.25, 0.3) is 0 Å². The highest BCUT2D eigenvalue weighted by atomic mass is 79.9. The lowest BCUT2D eigenvalue weighted by Gasteiger charge is -2.08. The van der Waals surface area contributed by atoms with Gasteiger partial charge >= 0.3 is 0 Å². The SMILES string of the molecule is Cc1cc(C(=O)Nc2ccc(S(=O)(=O)Cl)c(Br)c2)ccn1. The summed E-state index contributed by atoms with van der Waals surface area (Å²) in [4.78, 5) is 16.0. The van der Waals surface area contributed by atoms with E-state index in [9.17, 15) is 13.2 Å². The van der Waals surface area contributed by atoms with E-state index in [1.807, 2.05) is 0 Å². The highest BCUT2D eigenvalue weighted by Gasteiger charge is 2.15. The minimum absolute atomic E-state index is 0.0538. The van der Waals surface area contributed by atoms with Gasteiger partial charge in [0.15, 0.2) is 0 Å². The fourth-order valence-corrected chi connectivity index (χ4v) is 3.89. The van der Waals surface area contributed by atoms with Crippen molar-refractivity contribution in [3.63, 3.8) is 0 Å². The number of benzene rings is 1. The number of aryl methyl sites for hydroxylation is 1. The highest BCUT2D eigenvalue weighted by molar-refractivity contribution is 9.10. The van der Waals surface area contributed by atoms with Crippen LogP contribution in [-0.2, 0) is 9.05 Å². The highest BCUT2D eigenvalue weighted by Crippen LogP contribution is 2.28. The Hall–Kier alpha value is -1.44. The van der Waals surface area contributed by atoms with E-state index in [1.165, 1.54) is 18.2 Å². The summed E-state index contributed by atoms with van der Waals surface area (Å²) in [5.74, 6) is -0.311. The first-order valence-electron chi connectivity index (χ1n) is 5.75. The quantitative estimate of drug-likeness (QED) is 0.817. The van der Waals surface area contributed by atoms with Crippen molar-refractivity contribution in [3.05, 3.63) is 52.3 Å².